The van der Waals surface area contributed by atoms with Crippen molar-refractivity contribution in [2.24, 2.45) is 22.7 Å². The lowest BCUT2D eigenvalue weighted by Gasteiger charge is -2.52. The summed E-state index contributed by atoms with van der Waals surface area (Å²) in [4.78, 5) is 0. The summed E-state index contributed by atoms with van der Waals surface area (Å²) in [5, 5.41) is 3.64. The Kier molecular flexibility index (Phi) is 3.87. The highest BCUT2D eigenvalue weighted by atomic mass is 14.9. The molecule has 1 aliphatic carbocycles. The van der Waals surface area contributed by atoms with Crippen LogP contribution in [-0.2, 0) is 0 Å². The largest absolute Gasteiger partial charge is 0.316 e. The van der Waals surface area contributed by atoms with E-state index < -0.39 is 0 Å². The minimum atomic E-state index is 0.588. The highest BCUT2D eigenvalue weighted by Gasteiger charge is 2.46. The lowest BCUT2D eigenvalue weighted by Crippen LogP contribution is -2.49. The van der Waals surface area contributed by atoms with Gasteiger partial charge in [0.25, 0.3) is 0 Å². The normalized spacial score (nSPS) is 37.6. The minimum absolute atomic E-state index is 0.588. The first-order valence-corrected chi connectivity index (χ1v) is 7.64. The van der Waals surface area contributed by atoms with Gasteiger partial charge in [0.1, 0.15) is 0 Å². The maximum Gasteiger partial charge on any atom is -0.00151 e. The van der Waals surface area contributed by atoms with E-state index >= 15 is 0 Å². The van der Waals surface area contributed by atoms with Crippen molar-refractivity contribution in [3.05, 3.63) is 0 Å². The maximum atomic E-state index is 3.64. The highest BCUT2D eigenvalue weighted by Crippen LogP contribution is 2.54. The summed E-state index contributed by atoms with van der Waals surface area (Å²) in [6, 6.07) is 0. The second-order valence-corrected chi connectivity index (χ2v) is 7.84. The average molecular weight is 237 g/mol. The number of piperidine rings is 1. The molecule has 1 spiro atoms. The number of rotatable bonds is 2. The third-order valence-corrected chi connectivity index (χ3v) is 5.17. The molecular formula is C16H31N. The van der Waals surface area contributed by atoms with Gasteiger partial charge in [0.15, 0.2) is 0 Å². The SMILES string of the molecule is CC(C)CC1CNCCC12CCCC(C)(C)C2. The van der Waals surface area contributed by atoms with Crippen molar-refractivity contribution >= 4 is 0 Å². The molecule has 2 unspecified atom stereocenters. The Hall–Kier alpha value is -0.0400. The van der Waals surface area contributed by atoms with Crippen LogP contribution in [0.5, 0.6) is 0 Å². The van der Waals surface area contributed by atoms with Crippen LogP contribution in [0.4, 0.5) is 0 Å². The molecule has 1 nitrogen and oxygen atoms in total. The first-order valence-electron chi connectivity index (χ1n) is 7.64. The van der Waals surface area contributed by atoms with E-state index in [2.05, 4.69) is 33.0 Å². The van der Waals surface area contributed by atoms with E-state index in [0.29, 0.717) is 10.8 Å². The van der Waals surface area contributed by atoms with Gasteiger partial charge in [0, 0.05) is 0 Å². The summed E-state index contributed by atoms with van der Waals surface area (Å²) in [6.45, 7) is 12.3. The number of hydrogen-bond donors (Lipinski definition) is 1. The Balaban J connectivity index is 2.13. The fraction of sp³-hybridized carbons (Fsp3) is 1.00. The zero-order valence-electron chi connectivity index (χ0n) is 12.3. The zero-order valence-corrected chi connectivity index (χ0v) is 12.3. The molecule has 0 aromatic heterocycles. The maximum absolute atomic E-state index is 3.64. The molecule has 2 aliphatic rings. The van der Waals surface area contributed by atoms with Gasteiger partial charge >= 0.3 is 0 Å². The molecule has 2 rings (SSSR count). The summed E-state index contributed by atoms with van der Waals surface area (Å²) < 4.78 is 0. The summed E-state index contributed by atoms with van der Waals surface area (Å²) in [7, 11) is 0. The fourth-order valence-electron chi connectivity index (χ4n) is 4.55. The molecule has 17 heavy (non-hydrogen) atoms. The predicted octanol–water partition coefficient (Wildman–Crippen LogP) is 4.23. The molecule has 2 fully saturated rings. The van der Waals surface area contributed by atoms with Crippen LogP contribution in [0.2, 0.25) is 0 Å². The van der Waals surface area contributed by atoms with Crippen molar-refractivity contribution < 1.29 is 0 Å². The first kappa shape index (κ1) is 13.4. The Morgan fingerprint density at radius 1 is 1.18 bits per heavy atom. The van der Waals surface area contributed by atoms with Crippen LogP contribution < -0.4 is 5.32 Å². The van der Waals surface area contributed by atoms with Gasteiger partial charge in [-0.2, -0.15) is 0 Å². The Morgan fingerprint density at radius 2 is 1.94 bits per heavy atom. The van der Waals surface area contributed by atoms with Gasteiger partial charge in [-0.3, -0.25) is 0 Å². The predicted molar refractivity (Wildman–Crippen MR) is 75.1 cm³/mol. The molecule has 1 aliphatic heterocycles. The number of hydrogen-bond acceptors (Lipinski definition) is 1. The molecular weight excluding hydrogens is 206 g/mol. The highest BCUT2D eigenvalue weighted by molar-refractivity contribution is 4.98. The average Bonchev–Trinajstić information content (AvgIpc) is 2.19. The van der Waals surface area contributed by atoms with E-state index in [-0.39, 0.29) is 0 Å². The molecule has 1 N–H and O–H groups in total. The van der Waals surface area contributed by atoms with Crippen molar-refractivity contribution in [2.75, 3.05) is 13.1 Å². The van der Waals surface area contributed by atoms with E-state index in [0.717, 1.165) is 11.8 Å². The van der Waals surface area contributed by atoms with E-state index in [1.54, 1.807) is 0 Å². The third-order valence-electron chi connectivity index (χ3n) is 5.17. The summed E-state index contributed by atoms with van der Waals surface area (Å²) in [5.74, 6) is 1.78. The van der Waals surface area contributed by atoms with E-state index in [9.17, 15) is 0 Å². The second-order valence-electron chi connectivity index (χ2n) is 7.84. The summed E-state index contributed by atoms with van der Waals surface area (Å²) in [6.07, 6.45) is 8.71. The van der Waals surface area contributed by atoms with Gasteiger partial charge in [-0.1, -0.05) is 34.1 Å². The quantitative estimate of drug-likeness (QED) is 0.758. The summed E-state index contributed by atoms with van der Waals surface area (Å²) in [5.41, 5.74) is 1.27. The zero-order chi connectivity index (χ0) is 12.5. The van der Waals surface area contributed by atoms with Crippen LogP contribution in [0.3, 0.4) is 0 Å². The molecule has 2 atom stereocenters. The van der Waals surface area contributed by atoms with Crippen LogP contribution in [0, 0.1) is 22.7 Å². The monoisotopic (exact) mass is 237 g/mol. The molecule has 0 aromatic carbocycles. The van der Waals surface area contributed by atoms with Crippen molar-refractivity contribution in [1.29, 1.82) is 0 Å². The molecule has 0 bridgehead atoms. The second kappa shape index (κ2) is 4.91. The van der Waals surface area contributed by atoms with E-state index in [1.807, 2.05) is 0 Å². The van der Waals surface area contributed by atoms with Gasteiger partial charge in [-0.05, 0) is 67.9 Å². The van der Waals surface area contributed by atoms with E-state index in [4.69, 9.17) is 0 Å². The summed E-state index contributed by atoms with van der Waals surface area (Å²) >= 11 is 0. The third kappa shape index (κ3) is 3.05. The van der Waals surface area contributed by atoms with Crippen molar-refractivity contribution in [1.82, 2.24) is 5.32 Å². The van der Waals surface area contributed by atoms with Gasteiger partial charge in [-0.25, -0.2) is 0 Å². The van der Waals surface area contributed by atoms with Crippen LogP contribution in [0.15, 0.2) is 0 Å². The molecule has 0 aromatic rings. The molecule has 1 saturated heterocycles. The van der Waals surface area contributed by atoms with Crippen molar-refractivity contribution in [2.45, 2.75) is 66.2 Å². The molecule has 1 saturated carbocycles. The van der Waals surface area contributed by atoms with Crippen molar-refractivity contribution in [3.8, 4) is 0 Å². The Morgan fingerprint density at radius 3 is 2.59 bits per heavy atom. The molecule has 100 valence electrons. The molecule has 0 radical (unpaired) electrons. The van der Waals surface area contributed by atoms with Gasteiger partial charge in [0.05, 0.1) is 0 Å². The molecule has 0 amide bonds. The van der Waals surface area contributed by atoms with Crippen LogP contribution in [0.1, 0.15) is 66.2 Å². The lowest BCUT2D eigenvalue weighted by atomic mass is 9.55. The standard InChI is InChI=1S/C16H31N/c1-13(2)10-14-11-17-9-8-16(14)7-5-6-15(3,4)12-16/h13-14,17H,5-12H2,1-4H3. The van der Waals surface area contributed by atoms with Crippen LogP contribution in [0.25, 0.3) is 0 Å². The smallest absolute Gasteiger partial charge is 0.00151 e. The lowest BCUT2D eigenvalue weighted by molar-refractivity contribution is -0.00616. The fourth-order valence-corrected chi connectivity index (χ4v) is 4.55. The first-order chi connectivity index (χ1) is 7.94. The van der Waals surface area contributed by atoms with Crippen LogP contribution in [-0.4, -0.2) is 13.1 Å². The van der Waals surface area contributed by atoms with Crippen molar-refractivity contribution in [3.63, 3.8) is 0 Å². The van der Waals surface area contributed by atoms with Crippen LogP contribution >= 0.6 is 0 Å². The minimum Gasteiger partial charge on any atom is -0.316 e. The van der Waals surface area contributed by atoms with E-state index in [1.165, 1.54) is 51.6 Å². The molecule has 1 heteroatoms. The Bertz CT molecular complexity index is 252. The Labute approximate surface area is 108 Å². The van der Waals surface area contributed by atoms with Gasteiger partial charge in [0.2, 0.25) is 0 Å². The molecule has 1 heterocycles. The topological polar surface area (TPSA) is 12.0 Å². The van der Waals surface area contributed by atoms with Gasteiger partial charge in [-0.15, -0.1) is 0 Å². The number of nitrogens with one attached hydrogen (secondary N) is 1. The van der Waals surface area contributed by atoms with Gasteiger partial charge < -0.3 is 5.32 Å².